The molecule has 0 aliphatic heterocycles. The Balaban J connectivity index is 4.90. The van der Waals surface area contributed by atoms with E-state index in [0.717, 1.165) is 0 Å². The van der Waals surface area contributed by atoms with Gasteiger partial charge in [-0.2, -0.15) is 0 Å². The molecule has 0 bridgehead atoms. The standard InChI is InChI=1S/C9H18N2O2S/c1-5-6-7-8(11-10)9(2,3)14(4,12)13/h8,11H,7,10H2,1-4H3. The summed E-state index contributed by atoms with van der Waals surface area (Å²) in [5, 5.41) is 0. The molecule has 14 heavy (non-hydrogen) atoms. The molecule has 0 spiro atoms. The highest BCUT2D eigenvalue weighted by atomic mass is 32.2. The molecule has 1 unspecified atom stereocenters. The SMILES string of the molecule is CC#CCC(NN)C(C)(C)S(C)(=O)=O. The minimum Gasteiger partial charge on any atom is -0.271 e. The molecule has 1 atom stereocenters. The molecule has 0 aromatic carbocycles. The third-order valence-corrected chi connectivity index (χ3v) is 4.67. The minimum atomic E-state index is -3.15. The van der Waals surface area contributed by atoms with Crippen LogP contribution in [0.1, 0.15) is 27.2 Å². The van der Waals surface area contributed by atoms with Gasteiger partial charge in [0.2, 0.25) is 0 Å². The highest BCUT2D eigenvalue weighted by Crippen LogP contribution is 2.21. The predicted octanol–water partition coefficient (Wildman–Crippen LogP) is 0.0549. The van der Waals surface area contributed by atoms with Gasteiger partial charge in [0.15, 0.2) is 9.84 Å². The molecular weight excluding hydrogens is 200 g/mol. The lowest BCUT2D eigenvalue weighted by atomic mass is 10.0. The monoisotopic (exact) mass is 218 g/mol. The van der Waals surface area contributed by atoms with Crippen LogP contribution in [0.2, 0.25) is 0 Å². The average molecular weight is 218 g/mol. The zero-order valence-corrected chi connectivity index (χ0v) is 9.90. The maximum absolute atomic E-state index is 11.5. The second-order valence-corrected chi connectivity index (χ2v) is 6.32. The molecule has 0 aromatic rings. The maximum Gasteiger partial charge on any atom is 0.154 e. The number of sulfone groups is 1. The molecule has 0 amide bonds. The van der Waals surface area contributed by atoms with Gasteiger partial charge in [-0.3, -0.25) is 11.3 Å². The summed E-state index contributed by atoms with van der Waals surface area (Å²) in [6.45, 7) is 5.00. The summed E-state index contributed by atoms with van der Waals surface area (Å²) in [4.78, 5) is 0. The highest BCUT2D eigenvalue weighted by molar-refractivity contribution is 7.92. The van der Waals surface area contributed by atoms with Gasteiger partial charge in [0.05, 0.1) is 10.8 Å². The van der Waals surface area contributed by atoms with E-state index in [1.165, 1.54) is 6.26 Å². The van der Waals surface area contributed by atoms with Crippen molar-refractivity contribution < 1.29 is 8.42 Å². The topological polar surface area (TPSA) is 72.2 Å². The first-order valence-electron chi connectivity index (χ1n) is 4.32. The Morgan fingerprint density at radius 3 is 2.29 bits per heavy atom. The van der Waals surface area contributed by atoms with Crippen molar-refractivity contribution >= 4 is 9.84 Å². The third kappa shape index (κ3) is 2.98. The fourth-order valence-corrected chi connectivity index (χ4v) is 1.64. The Labute approximate surface area is 86.1 Å². The average Bonchev–Trinajstić information content (AvgIpc) is 2.03. The van der Waals surface area contributed by atoms with Crippen molar-refractivity contribution in [1.82, 2.24) is 5.43 Å². The van der Waals surface area contributed by atoms with E-state index in [9.17, 15) is 8.42 Å². The molecule has 0 aliphatic carbocycles. The van der Waals surface area contributed by atoms with E-state index in [0.29, 0.717) is 6.42 Å². The summed E-state index contributed by atoms with van der Waals surface area (Å²) >= 11 is 0. The van der Waals surface area contributed by atoms with E-state index in [1.54, 1.807) is 20.8 Å². The van der Waals surface area contributed by atoms with E-state index in [-0.39, 0.29) is 6.04 Å². The van der Waals surface area contributed by atoms with Crippen LogP contribution in [0.4, 0.5) is 0 Å². The third-order valence-electron chi connectivity index (χ3n) is 2.48. The van der Waals surface area contributed by atoms with Crippen LogP contribution in [0, 0.1) is 11.8 Å². The smallest absolute Gasteiger partial charge is 0.154 e. The quantitative estimate of drug-likeness (QED) is 0.397. The molecule has 0 heterocycles. The molecule has 0 saturated carbocycles. The van der Waals surface area contributed by atoms with Crippen LogP contribution < -0.4 is 11.3 Å². The number of nitrogens with two attached hydrogens (primary N) is 1. The summed E-state index contributed by atoms with van der Waals surface area (Å²) in [5.41, 5.74) is 2.50. The largest absolute Gasteiger partial charge is 0.271 e. The molecule has 3 N–H and O–H groups in total. The van der Waals surface area contributed by atoms with Crippen molar-refractivity contribution in [3.05, 3.63) is 0 Å². The van der Waals surface area contributed by atoms with Crippen LogP contribution >= 0.6 is 0 Å². The van der Waals surface area contributed by atoms with Crippen LogP contribution in [0.25, 0.3) is 0 Å². The number of hydrazine groups is 1. The Kier molecular flexibility index (Phi) is 4.59. The van der Waals surface area contributed by atoms with Gasteiger partial charge in [-0.15, -0.1) is 11.8 Å². The first kappa shape index (κ1) is 13.4. The van der Waals surface area contributed by atoms with Gasteiger partial charge >= 0.3 is 0 Å². The van der Waals surface area contributed by atoms with Crippen LogP contribution in [0.15, 0.2) is 0 Å². The number of hydrogen-bond donors (Lipinski definition) is 2. The van der Waals surface area contributed by atoms with Gasteiger partial charge in [0, 0.05) is 12.7 Å². The van der Waals surface area contributed by atoms with E-state index in [2.05, 4.69) is 17.3 Å². The lowest BCUT2D eigenvalue weighted by Gasteiger charge is -2.30. The van der Waals surface area contributed by atoms with Gasteiger partial charge < -0.3 is 0 Å². The fourth-order valence-electron chi connectivity index (χ4n) is 0.968. The minimum absolute atomic E-state index is 0.357. The summed E-state index contributed by atoms with van der Waals surface area (Å²) in [6, 6.07) is -0.357. The Bertz CT molecular complexity index is 336. The van der Waals surface area contributed by atoms with Crippen LogP contribution in [0.5, 0.6) is 0 Å². The summed E-state index contributed by atoms with van der Waals surface area (Å²) in [7, 11) is -3.15. The van der Waals surface area contributed by atoms with Crippen molar-refractivity contribution in [2.24, 2.45) is 5.84 Å². The van der Waals surface area contributed by atoms with Gasteiger partial charge in [0.25, 0.3) is 0 Å². The Morgan fingerprint density at radius 2 is 2.00 bits per heavy atom. The van der Waals surface area contributed by atoms with Crippen molar-refractivity contribution in [2.45, 2.75) is 38.0 Å². The lowest BCUT2D eigenvalue weighted by molar-refractivity contribution is 0.421. The molecule has 0 radical (unpaired) electrons. The first-order chi connectivity index (χ1) is 6.27. The van der Waals surface area contributed by atoms with Gasteiger partial charge in [-0.05, 0) is 20.8 Å². The zero-order chi connectivity index (χ0) is 11.4. The molecule has 0 aromatic heterocycles. The van der Waals surface area contributed by atoms with Crippen molar-refractivity contribution in [1.29, 1.82) is 0 Å². The van der Waals surface area contributed by atoms with Gasteiger partial charge in [0.1, 0.15) is 0 Å². The molecule has 4 nitrogen and oxygen atoms in total. The van der Waals surface area contributed by atoms with E-state index in [1.807, 2.05) is 0 Å². The second kappa shape index (κ2) is 4.78. The van der Waals surface area contributed by atoms with Crippen molar-refractivity contribution in [3.8, 4) is 11.8 Å². The maximum atomic E-state index is 11.5. The normalized spacial score (nSPS) is 14.4. The molecule has 82 valence electrons. The Hall–Kier alpha value is -0.570. The van der Waals surface area contributed by atoms with Crippen molar-refractivity contribution in [3.63, 3.8) is 0 Å². The van der Waals surface area contributed by atoms with Gasteiger partial charge in [-0.25, -0.2) is 8.42 Å². The zero-order valence-electron chi connectivity index (χ0n) is 9.09. The van der Waals surface area contributed by atoms with Crippen LogP contribution in [0.3, 0.4) is 0 Å². The molecular formula is C9H18N2O2S. The van der Waals surface area contributed by atoms with Crippen LogP contribution in [-0.2, 0) is 9.84 Å². The van der Waals surface area contributed by atoms with Crippen molar-refractivity contribution in [2.75, 3.05) is 6.26 Å². The summed E-state index contributed by atoms with van der Waals surface area (Å²) in [5.74, 6) is 10.9. The molecule has 0 fully saturated rings. The summed E-state index contributed by atoms with van der Waals surface area (Å²) in [6.07, 6.45) is 1.63. The van der Waals surface area contributed by atoms with Crippen LogP contribution in [-0.4, -0.2) is 25.5 Å². The van der Waals surface area contributed by atoms with E-state index < -0.39 is 14.6 Å². The molecule has 0 saturated heterocycles. The predicted molar refractivity (Wildman–Crippen MR) is 58.1 cm³/mol. The number of nitrogens with one attached hydrogen (secondary N) is 1. The van der Waals surface area contributed by atoms with E-state index in [4.69, 9.17) is 5.84 Å². The van der Waals surface area contributed by atoms with Gasteiger partial charge in [-0.1, -0.05) is 0 Å². The fraction of sp³-hybridized carbons (Fsp3) is 0.778. The first-order valence-corrected chi connectivity index (χ1v) is 6.21. The molecule has 5 heteroatoms. The Morgan fingerprint density at radius 1 is 1.50 bits per heavy atom. The second-order valence-electron chi connectivity index (χ2n) is 3.73. The molecule has 0 aliphatic rings. The number of rotatable bonds is 4. The summed E-state index contributed by atoms with van der Waals surface area (Å²) < 4.78 is 22.0. The highest BCUT2D eigenvalue weighted by Gasteiger charge is 2.37. The lowest BCUT2D eigenvalue weighted by Crippen LogP contribution is -2.53. The molecule has 0 rings (SSSR count). The number of hydrogen-bond acceptors (Lipinski definition) is 4. The van der Waals surface area contributed by atoms with E-state index >= 15 is 0 Å².